The lowest BCUT2D eigenvalue weighted by Gasteiger charge is -2.32. The molecule has 3 rings (SSSR count). The zero-order valence-corrected chi connectivity index (χ0v) is 16.0. The van der Waals surface area contributed by atoms with Crippen LogP contribution in [0.1, 0.15) is 33.1 Å². The summed E-state index contributed by atoms with van der Waals surface area (Å²) in [7, 11) is 0. The molecule has 0 aliphatic carbocycles. The van der Waals surface area contributed by atoms with Crippen LogP contribution in [0, 0.1) is 0 Å². The topological polar surface area (TPSA) is 88.4 Å². The van der Waals surface area contributed by atoms with Gasteiger partial charge in [0.1, 0.15) is 11.9 Å². The lowest BCUT2D eigenvalue weighted by molar-refractivity contribution is -0.131. The number of carbonyl (C=O) groups excluding carboxylic acids is 1. The van der Waals surface area contributed by atoms with Gasteiger partial charge in [-0.1, -0.05) is 31.9 Å². The number of hydrogen-bond acceptors (Lipinski definition) is 4. The smallest absolute Gasteiger partial charge is 0.255 e. The fraction of sp³-hybridized carbons (Fsp3) is 0.474. The minimum Gasteiger partial charge on any atom is -0.489 e. The number of piperidine rings is 1. The minimum atomic E-state index is -0.176. The molecule has 1 aromatic carbocycles. The molecule has 0 spiro atoms. The number of hydrogen-bond donors (Lipinski definition) is 2. The lowest BCUT2D eigenvalue weighted by atomic mass is 10.1. The average molecular weight is 380 g/mol. The molecular weight excluding hydrogens is 354 g/mol. The van der Waals surface area contributed by atoms with Crippen molar-refractivity contribution in [3.8, 4) is 5.75 Å². The molecule has 1 amide bonds. The van der Waals surface area contributed by atoms with Crippen LogP contribution in [0.15, 0.2) is 29.2 Å². The molecule has 2 heterocycles. The molecule has 1 aliphatic heterocycles. The van der Waals surface area contributed by atoms with Crippen molar-refractivity contribution in [2.75, 3.05) is 19.6 Å². The van der Waals surface area contributed by atoms with Crippen LogP contribution in [0.25, 0.3) is 10.8 Å². The predicted molar refractivity (Wildman–Crippen MR) is 105 cm³/mol. The van der Waals surface area contributed by atoms with E-state index in [-0.39, 0.29) is 24.1 Å². The maximum absolute atomic E-state index is 11.8. The van der Waals surface area contributed by atoms with Gasteiger partial charge in [0.15, 0.2) is 0 Å². The maximum atomic E-state index is 11.8. The van der Waals surface area contributed by atoms with E-state index >= 15 is 0 Å². The molecule has 142 valence electrons. The molecular formula is C19H26ClN3O3. The van der Waals surface area contributed by atoms with Crippen LogP contribution in [0.3, 0.4) is 0 Å². The molecule has 1 aliphatic rings. The van der Waals surface area contributed by atoms with Crippen molar-refractivity contribution < 1.29 is 9.53 Å². The molecule has 7 heteroatoms. The van der Waals surface area contributed by atoms with Crippen LogP contribution in [0.5, 0.6) is 5.75 Å². The second-order valence-corrected chi connectivity index (χ2v) is 6.69. The molecule has 2 aromatic rings. The van der Waals surface area contributed by atoms with Gasteiger partial charge in [-0.3, -0.25) is 9.59 Å². The Morgan fingerprint density at radius 1 is 1.35 bits per heavy atom. The monoisotopic (exact) mass is 379 g/mol. The van der Waals surface area contributed by atoms with Crippen molar-refractivity contribution in [2.24, 2.45) is 5.73 Å². The molecule has 0 bridgehead atoms. The Bertz CT molecular complexity index is 798. The first kappa shape index (κ1) is 20.3. The zero-order chi connectivity index (χ0) is 19.1. The van der Waals surface area contributed by atoms with Gasteiger partial charge in [-0.05, 0) is 23.6 Å². The van der Waals surface area contributed by atoms with Crippen LogP contribution in [-0.2, 0) is 4.79 Å². The van der Waals surface area contributed by atoms with Crippen molar-refractivity contribution in [3.63, 3.8) is 0 Å². The van der Waals surface area contributed by atoms with Crippen LogP contribution in [0.2, 0.25) is 5.02 Å². The third-order valence-corrected chi connectivity index (χ3v) is 4.38. The molecule has 1 fully saturated rings. The van der Waals surface area contributed by atoms with Crippen molar-refractivity contribution in [1.29, 1.82) is 0 Å². The highest BCUT2D eigenvalue weighted by molar-refractivity contribution is 6.32. The predicted octanol–water partition coefficient (Wildman–Crippen LogP) is 2.93. The molecule has 0 atom stereocenters. The summed E-state index contributed by atoms with van der Waals surface area (Å²) in [5.74, 6) is 0.528. The van der Waals surface area contributed by atoms with E-state index in [1.54, 1.807) is 23.2 Å². The van der Waals surface area contributed by atoms with E-state index in [1.165, 1.54) is 6.42 Å². The zero-order valence-electron chi connectivity index (χ0n) is 15.3. The highest BCUT2D eigenvalue weighted by Gasteiger charge is 2.23. The van der Waals surface area contributed by atoms with Crippen LogP contribution >= 0.6 is 11.6 Å². The van der Waals surface area contributed by atoms with Crippen LogP contribution < -0.4 is 16.0 Å². The Morgan fingerprint density at radius 3 is 2.62 bits per heavy atom. The van der Waals surface area contributed by atoms with E-state index < -0.39 is 0 Å². The number of halogens is 1. The number of nitrogens with zero attached hydrogens (tertiary/aromatic N) is 1. The highest BCUT2D eigenvalue weighted by atomic mass is 35.5. The van der Waals surface area contributed by atoms with Gasteiger partial charge in [-0.2, -0.15) is 0 Å². The number of aromatic amines is 1. The summed E-state index contributed by atoms with van der Waals surface area (Å²) in [5, 5.41) is 1.73. The van der Waals surface area contributed by atoms with Gasteiger partial charge >= 0.3 is 0 Å². The second-order valence-electron chi connectivity index (χ2n) is 6.29. The SMILES string of the molecule is CCC.NCC(=O)N1CCC(Oc2cc3cc[nH]c(=O)c3cc2Cl)CC1. The minimum absolute atomic E-state index is 0.00577. The first-order valence-electron chi connectivity index (χ1n) is 8.95. The Labute approximate surface area is 158 Å². The number of nitrogens with one attached hydrogen (secondary N) is 1. The van der Waals surface area contributed by atoms with E-state index in [9.17, 15) is 9.59 Å². The molecule has 0 radical (unpaired) electrons. The van der Waals surface area contributed by atoms with Gasteiger partial charge < -0.3 is 20.4 Å². The van der Waals surface area contributed by atoms with E-state index in [0.29, 0.717) is 29.2 Å². The number of amides is 1. The summed E-state index contributed by atoms with van der Waals surface area (Å²) < 4.78 is 5.98. The molecule has 0 saturated carbocycles. The quantitative estimate of drug-likeness (QED) is 0.858. The summed E-state index contributed by atoms with van der Waals surface area (Å²) >= 11 is 6.24. The van der Waals surface area contributed by atoms with Gasteiger partial charge in [0.05, 0.1) is 11.6 Å². The van der Waals surface area contributed by atoms with Crippen molar-refractivity contribution in [3.05, 3.63) is 39.8 Å². The van der Waals surface area contributed by atoms with E-state index in [0.717, 1.165) is 18.2 Å². The lowest BCUT2D eigenvalue weighted by Crippen LogP contribution is -2.44. The fourth-order valence-corrected chi connectivity index (χ4v) is 3.02. The Balaban J connectivity index is 0.000000758. The number of H-pyrrole nitrogens is 1. The number of benzene rings is 1. The van der Waals surface area contributed by atoms with Gasteiger partial charge in [0.25, 0.3) is 5.56 Å². The first-order chi connectivity index (χ1) is 12.5. The summed E-state index contributed by atoms with van der Waals surface area (Å²) in [6.07, 6.45) is 4.30. The number of carbonyl (C=O) groups is 1. The number of fused-ring (bicyclic) bond motifs is 1. The van der Waals surface area contributed by atoms with E-state index in [4.69, 9.17) is 22.1 Å². The van der Waals surface area contributed by atoms with E-state index in [2.05, 4.69) is 18.8 Å². The van der Waals surface area contributed by atoms with Crippen LogP contribution in [-0.4, -0.2) is 41.5 Å². The molecule has 26 heavy (non-hydrogen) atoms. The summed E-state index contributed by atoms with van der Waals surface area (Å²) in [4.78, 5) is 27.7. The highest BCUT2D eigenvalue weighted by Crippen LogP contribution is 2.30. The average Bonchev–Trinajstić information content (AvgIpc) is 2.64. The van der Waals surface area contributed by atoms with Gasteiger partial charge in [0, 0.05) is 37.5 Å². The number of ether oxygens (including phenoxy) is 1. The number of rotatable bonds is 3. The number of aromatic nitrogens is 1. The Morgan fingerprint density at radius 2 is 2.00 bits per heavy atom. The Hall–Kier alpha value is -2.05. The normalized spacial score (nSPS) is 14.7. The number of nitrogens with two attached hydrogens (primary N) is 1. The second kappa shape index (κ2) is 9.59. The van der Waals surface area contributed by atoms with Gasteiger partial charge in [-0.25, -0.2) is 0 Å². The van der Waals surface area contributed by atoms with Gasteiger partial charge in [0.2, 0.25) is 5.91 Å². The molecule has 0 unspecified atom stereocenters. The maximum Gasteiger partial charge on any atom is 0.255 e. The molecule has 6 nitrogen and oxygen atoms in total. The third kappa shape index (κ3) is 4.99. The molecule has 1 aromatic heterocycles. The Kier molecular flexibility index (Phi) is 7.48. The number of likely N-dealkylation sites (tertiary alicyclic amines) is 1. The first-order valence-corrected chi connectivity index (χ1v) is 9.33. The summed E-state index contributed by atoms with van der Waals surface area (Å²) in [6.45, 7) is 5.55. The van der Waals surface area contributed by atoms with Crippen molar-refractivity contribution in [2.45, 2.75) is 39.2 Å². The largest absolute Gasteiger partial charge is 0.489 e. The van der Waals surface area contributed by atoms with Crippen LogP contribution in [0.4, 0.5) is 0 Å². The number of pyridine rings is 1. The molecule has 1 saturated heterocycles. The van der Waals surface area contributed by atoms with E-state index in [1.807, 2.05) is 6.07 Å². The third-order valence-electron chi connectivity index (χ3n) is 4.09. The molecule has 3 N–H and O–H groups in total. The van der Waals surface area contributed by atoms with Crippen molar-refractivity contribution >= 4 is 28.3 Å². The summed E-state index contributed by atoms with van der Waals surface area (Å²) in [5.41, 5.74) is 5.20. The fourth-order valence-electron chi connectivity index (χ4n) is 2.81. The van der Waals surface area contributed by atoms with Crippen molar-refractivity contribution in [1.82, 2.24) is 9.88 Å². The summed E-state index contributed by atoms with van der Waals surface area (Å²) in [6, 6.07) is 5.21. The van der Waals surface area contributed by atoms with Gasteiger partial charge in [-0.15, -0.1) is 0 Å². The standard InChI is InChI=1S/C16H18ClN3O3.C3H8/c17-13-8-12-10(1-4-19-16(12)22)7-14(13)23-11-2-5-20(6-3-11)15(21)9-18;1-3-2/h1,4,7-8,11H,2-3,5-6,9,18H2,(H,19,22);3H2,1-2H3.